The Morgan fingerprint density at radius 1 is 0.905 bits per heavy atom. The molecule has 4 heteroatoms. The van der Waals surface area contributed by atoms with Crippen LogP contribution < -0.4 is 0 Å². The Balaban J connectivity index is 2.02. The molecule has 2 aromatic carbocycles. The number of aromatic amines is 1. The molecule has 0 unspecified atom stereocenters. The minimum absolute atomic E-state index is 0.701. The maximum atomic E-state index is 6.39. The standard InChI is InChI=1S/C17H10Cl2N2/c18-10-5-6-15-12(7-10)13(9-20-15)17-8-14(19)11-3-1-2-4-16(11)21-17/h1-9,20H. The first kappa shape index (κ1) is 12.7. The summed E-state index contributed by atoms with van der Waals surface area (Å²) in [6.07, 6.45) is 1.94. The van der Waals surface area contributed by atoms with Gasteiger partial charge in [0.05, 0.1) is 16.2 Å². The first-order chi connectivity index (χ1) is 10.2. The highest BCUT2D eigenvalue weighted by Crippen LogP contribution is 2.33. The highest BCUT2D eigenvalue weighted by molar-refractivity contribution is 6.35. The smallest absolute Gasteiger partial charge is 0.0746 e. The summed E-state index contributed by atoms with van der Waals surface area (Å²) in [5.41, 5.74) is 3.75. The SMILES string of the molecule is Clc1ccc2[nH]cc(-c3cc(Cl)c4ccccc4n3)c2c1. The molecule has 21 heavy (non-hydrogen) atoms. The molecule has 102 valence electrons. The van der Waals surface area contributed by atoms with Gasteiger partial charge in [0.15, 0.2) is 0 Å². The zero-order chi connectivity index (χ0) is 14.4. The van der Waals surface area contributed by atoms with Crippen molar-refractivity contribution in [2.75, 3.05) is 0 Å². The Kier molecular flexibility index (Phi) is 2.88. The van der Waals surface area contributed by atoms with E-state index in [4.69, 9.17) is 28.2 Å². The first-order valence-electron chi connectivity index (χ1n) is 6.55. The summed E-state index contributed by atoms with van der Waals surface area (Å²) in [7, 11) is 0. The van der Waals surface area contributed by atoms with Gasteiger partial charge in [-0.1, -0.05) is 41.4 Å². The van der Waals surface area contributed by atoms with Gasteiger partial charge < -0.3 is 4.98 Å². The van der Waals surface area contributed by atoms with E-state index < -0.39 is 0 Å². The molecule has 4 rings (SSSR count). The molecule has 2 nitrogen and oxygen atoms in total. The minimum Gasteiger partial charge on any atom is -0.360 e. The molecule has 0 atom stereocenters. The van der Waals surface area contributed by atoms with E-state index in [0.29, 0.717) is 10.0 Å². The van der Waals surface area contributed by atoms with E-state index in [-0.39, 0.29) is 0 Å². The van der Waals surface area contributed by atoms with Gasteiger partial charge in [-0.25, -0.2) is 4.98 Å². The van der Waals surface area contributed by atoms with E-state index in [1.165, 1.54) is 0 Å². The Labute approximate surface area is 131 Å². The molecule has 0 aliphatic rings. The van der Waals surface area contributed by atoms with Gasteiger partial charge in [0.1, 0.15) is 0 Å². The number of fused-ring (bicyclic) bond motifs is 2. The predicted molar refractivity (Wildman–Crippen MR) is 89.1 cm³/mol. The average Bonchev–Trinajstić information content (AvgIpc) is 2.90. The van der Waals surface area contributed by atoms with Gasteiger partial charge in [-0.2, -0.15) is 0 Å². The molecule has 0 saturated heterocycles. The largest absolute Gasteiger partial charge is 0.360 e. The molecular weight excluding hydrogens is 303 g/mol. The molecule has 4 aromatic rings. The number of pyridine rings is 1. The molecule has 2 aromatic heterocycles. The highest BCUT2D eigenvalue weighted by Gasteiger charge is 2.10. The fourth-order valence-electron chi connectivity index (χ4n) is 2.58. The number of benzene rings is 2. The van der Waals surface area contributed by atoms with Gasteiger partial charge in [-0.05, 0) is 30.3 Å². The maximum absolute atomic E-state index is 6.39. The van der Waals surface area contributed by atoms with Gasteiger partial charge in [0.25, 0.3) is 0 Å². The summed E-state index contributed by atoms with van der Waals surface area (Å²) in [5, 5.41) is 3.41. The number of rotatable bonds is 1. The number of hydrogen-bond donors (Lipinski definition) is 1. The molecule has 0 saturated carbocycles. The molecule has 1 N–H and O–H groups in total. The van der Waals surface area contributed by atoms with Crippen LogP contribution in [0.15, 0.2) is 54.7 Å². The van der Waals surface area contributed by atoms with Gasteiger partial charge >= 0.3 is 0 Å². The Bertz CT molecular complexity index is 973. The van der Waals surface area contributed by atoms with Crippen molar-refractivity contribution in [2.24, 2.45) is 0 Å². The second-order valence-electron chi connectivity index (χ2n) is 4.90. The topological polar surface area (TPSA) is 28.7 Å². The van der Waals surface area contributed by atoms with Crippen LogP contribution in [0.4, 0.5) is 0 Å². The van der Waals surface area contributed by atoms with Gasteiger partial charge in [-0.3, -0.25) is 0 Å². The van der Waals surface area contributed by atoms with Crippen molar-refractivity contribution in [1.29, 1.82) is 0 Å². The number of nitrogens with one attached hydrogen (secondary N) is 1. The molecule has 0 radical (unpaired) electrons. The van der Waals surface area contributed by atoms with E-state index >= 15 is 0 Å². The van der Waals surface area contributed by atoms with Crippen molar-refractivity contribution >= 4 is 45.0 Å². The van der Waals surface area contributed by atoms with Crippen LogP contribution in [0.25, 0.3) is 33.1 Å². The summed E-state index contributed by atoms with van der Waals surface area (Å²) in [6, 6.07) is 15.5. The van der Waals surface area contributed by atoms with E-state index in [1.807, 2.05) is 54.7 Å². The average molecular weight is 313 g/mol. The Morgan fingerprint density at radius 3 is 2.67 bits per heavy atom. The van der Waals surface area contributed by atoms with E-state index in [9.17, 15) is 0 Å². The van der Waals surface area contributed by atoms with Crippen molar-refractivity contribution in [1.82, 2.24) is 9.97 Å². The van der Waals surface area contributed by atoms with E-state index in [1.54, 1.807) is 0 Å². The van der Waals surface area contributed by atoms with Gasteiger partial charge in [0.2, 0.25) is 0 Å². The van der Waals surface area contributed by atoms with Crippen LogP contribution in [0.5, 0.6) is 0 Å². The van der Waals surface area contributed by atoms with Gasteiger partial charge in [0, 0.05) is 33.1 Å². The third-order valence-corrected chi connectivity index (χ3v) is 4.13. The number of nitrogens with zero attached hydrogens (tertiary/aromatic N) is 1. The van der Waals surface area contributed by atoms with E-state index in [0.717, 1.165) is 33.1 Å². The second-order valence-corrected chi connectivity index (χ2v) is 5.74. The maximum Gasteiger partial charge on any atom is 0.0746 e. The fraction of sp³-hybridized carbons (Fsp3) is 0. The first-order valence-corrected chi connectivity index (χ1v) is 7.30. The number of para-hydroxylation sites is 1. The number of aromatic nitrogens is 2. The van der Waals surface area contributed by atoms with Crippen LogP contribution in [0.3, 0.4) is 0 Å². The zero-order valence-corrected chi connectivity index (χ0v) is 12.4. The van der Waals surface area contributed by atoms with Gasteiger partial charge in [-0.15, -0.1) is 0 Å². The second kappa shape index (κ2) is 4.76. The lowest BCUT2D eigenvalue weighted by Gasteiger charge is -2.04. The van der Waals surface area contributed by atoms with Crippen molar-refractivity contribution in [2.45, 2.75) is 0 Å². The minimum atomic E-state index is 0.701. The van der Waals surface area contributed by atoms with E-state index in [2.05, 4.69) is 4.98 Å². The number of H-pyrrole nitrogens is 1. The Hall–Kier alpha value is -2.03. The van der Waals surface area contributed by atoms with Crippen LogP contribution >= 0.6 is 23.2 Å². The van der Waals surface area contributed by atoms with Crippen molar-refractivity contribution in [3.63, 3.8) is 0 Å². The summed E-state index contributed by atoms with van der Waals surface area (Å²) in [5.74, 6) is 0. The number of hydrogen-bond acceptors (Lipinski definition) is 1. The lowest BCUT2D eigenvalue weighted by atomic mass is 10.1. The normalized spacial score (nSPS) is 11.3. The molecule has 2 heterocycles. The molecular formula is C17H10Cl2N2. The van der Waals surface area contributed by atoms with Crippen LogP contribution in [0.2, 0.25) is 10.0 Å². The molecule has 0 amide bonds. The highest BCUT2D eigenvalue weighted by atomic mass is 35.5. The van der Waals surface area contributed by atoms with Crippen LogP contribution in [-0.2, 0) is 0 Å². The molecule has 0 fully saturated rings. The zero-order valence-electron chi connectivity index (χ0n) is 10.9. The fourth-order valence-corrected chi connectivity index (χ4v) is 3.01. The lowest BCUT2D eigenvalue weighted by Crippen LogP contribution is -1.85. The summed E-state index contributed by atoms with van der Waals surface area (Å²) >= 11 is 12.5. The van der Waals surface area contributed by atoms with Crippen LogP contribution in [0, 0.1) is 0 Å². The van der Waals surface area contributed by atoms with Crippen molar-refractivity contribution in [3.8, 4) is 11.3 Å². The molecule has 0 aliphatic carbocycles. The monoisotopic (exact) mass is 312 g/mol. The van der Waals surface area contributed by atoms with Crippen LogP contribution in [0.1, 0.15) is 0 Å². The van der Waals surface area contributed by atoms with Crippen molar-refractivity contribution < 1.29 is 0 Å². The quantitative estimate of drug-likeness (QED) is 0.480. The predicted octanol–water partition coefficient (Wildman–Crippen LogP) is 5.69. The summed E-state index contributed by atoms with van der Waals surface area (Å²) < 4.78 is 0. The summed E-state index contributed by atoms with van der Waals surface area (Å²) in [4.78, 5) is 7.95. The Morgan fingerprint density at radius 2 is 1.76 bits per heavy atom. The molecule has 0 spiro atoms. The lowest BCUT2D eigenvalue weighted by molar-refractivity contribution is 1.40. The van der Waals surface area contributed by atoms with Crippen molar-refractivity contribution in [3.05, 3.63) is 64.8 Å². The van der Waals surface area contributed by atoms with Crippen LogP contribution in [-0.4, -0.2) is 9.97 Å². The summed E-state index contributed by atoms with van der Waals surface area (Å²) in [6.45, 7) is 0. The molecule has 0 bridgehead atoms. The molecule has 0 aliphatic heterocycles. The number of halogens is 2. The third kappa shape index (κ3) is 2.08. The third-order valence-electron chi connectivity index (χ3n) is 3.59.